The minimum absolute atomic E-state index is 0.0260. The molecule has 1 aromatic carbocycles. The molecule has 0 aliphatic carbocycles. The Balaban J connectivity index is 0.000000202. The Morgan fingerprint density at radius 2 is 2.07 bits per heavy atom. The fraction of sp³-hybridized carbons (Fsp3) is 0.471. The molecule has 4 rings (SSSR count). The molecule has 3 aliphatic heterocycles. The number of amides is 1. The molecule has 10 nitrogen and oxygen atoms in total. The van der Waals surface area contributed by atoms with Gasteiger partial charge < -0.3 is 20.1 Å². The maximum Gasteiger partial charge on any atom is 0.383 e. The van der Waals surface area contributed by atoms with Crippen LogP contribution in [-0.4, -0.2) is 53.6 Å². The quantitative estimate of drug-likeness (QED) is 0.429. The van der Waals surface area contributed by atoms with Crippen molar-refractivity contribution >= 4 is 28.9 Å². The predicted octanol–water partition coefficient (Wildman–Crippen LogP) is 1.48. The van der Waals surface area contributed by atoms with E-state index in [4.69, 9.17) is 4.74 Å². The maximum atomic E-state index is 11.3. The van der Waals surface area contributed by atoms with Gasteiger partial charge in [0, 0.05) is 18.8 Å². The molecule has 3 heterocycles. The molecule has 1 amide bonds. The summed E-state index contributed by atoms with van der Waals surface area (Å²) in [5, 5.41) is 16.0. The van der Waals surface area contributed by atoms with Gasteiger partial charge in [0.2, 0.25) is 5.91 Å². The molecule has 1 fully saturated rings. The highest BCUT2D eigenvalue weighted by Crippen LogP contribution is 2.24. The van der Waals surface area contributed by atoms with Crippen LogP contribution in [0.3, 0.4) is 0 Å². The standard InChI is InChI=1S/C9H16N2O3S.C8H5NO4/c1-3-14-9(13)15-6-4-7(11-5-6)8(12)10-2;10-8-6-3-1-5(2-4-6)7(13-8)9(11)12/h6-7,11H,3-5H2,1-2H3,(H,10,12);1-4,7H. The smallest absolute Gasteiger partial charge is 0.383 e. The third-order valence-electron chi connectivity index (χ3n) is 4.02. The van der Waals surface area contributed by atoms with Crippen molar-refractivity contribution < 1.29 is 28.8 Å². The lowest BCUT2D eigenvalue weighted by atomic mass is 10.1. The van der Waals surface area contributed by atoms with E-state index in [1.807, 2.05) is 0 Å². The van der Waals surface area contributed by atoms with Crippen LogP contribution in [0.4, 0.5) is 4.79 Å². The molecule has 28 heavy (non-hydrogen) atoms. The third kappa shape index (κ3) is 5.67. The zero-order valence-corrected chi connectivity index (χ0v) is 16.2. The molecule has 1 aromatic rings. The van der Waals surface area contributed by atoms with E-state index < -0.39 is 17.1 Å². The Hall–Kier alpha value is -2.66. The van der Waals surface area contributed by atoms with E-state index in [1.165, 1.54) is 24.3 Å². The zero-order valence-electron chi connectivity index (χ0n) is 15.4. The number of nitrogens with one attached hydrogen (secondary N) is 2. The van der Waals surface area contributed by atoms with Crippen LogP contribution in [0, 0.1) is 10.1 Å². The highest BCUT2D eigenvalue weighted by atomic mass is 32.2. The first-order chi connectivity index (χ1) is 13.3. The fourth-order valence-corrected chi connectivity index (χ4v) is 3.57. The largest absolute Gasteiger partial charge is 0.458 e. The molecule has 0 spiro atoms. The maximum absolute atomic E-state index is 11.3. The van der Waals surface area contributed by atoms with Gasteiger partial charge in [0.05, 0.1) is 28.7 Å². The summed E-state index contributed by atoms with van der Waals surface area (Å²) in [7, 11) is 1.61. The first-order valence-electron chi connectivity index (χ1n) is 8.58. The molecule has 11 heteroatoms. The number of benzene rings is 1. The summed E-state index contributed by atoms with van der Waals surface area (Å²) >= 11 is 1.16. The average Bonchev–Trinajstić information content (AvgIpc) is 3.01. The van der Waals surface area contributed by atoms with Crippen molar-refractivity contribution in [1.82, 2.24) is 10.6 Å². The van der Waals surface area contributed by atoms with Crippen molar-refractivity contribution in [3.8, 4) is 0 Å². The minimum Gasteiger partial charge on any atom is -0.458 e. The molecule has 0 saturated carbocycles. The fourth-order valence-electron chi connectivity index (χ4n) is 2.64. The van der Waals surface area contributed by atoms with E-state index in [0.717, 1.165) is 11.8 Å². The minimum atomic E-state index is -1.36. The summed E-state index contributed by atoms with van der Waals surface area (Å²) in [5.41, 5.74) is 0.729. The lowest BCUT2D eigenvalue weighted by Gasteiger charge is -2.08. The van der Waals surface area contributed by atoms with Crippen molar-refractivity contribution in [2.75, 3.05) is 20.2 Å². The lowest BCUT2D eigenvalue weighted by Crippen LogP contribution is -2.38. The second kappa shape index (κ2) is 10.0. The van der Waals surface area contributed by atoms with E-state index in [9.17, 15) is 24.5 Å². The van der Waals surface area contributed by atoms with E-state index in [0.29, 0.717) is 30.7 Å². The normalized spacial score (nSPS) is 22.4. The van der Waals surface area contributed by atoms with Gasteiger partial charge in [0.15, 0.2) is 0 Å². The number of esters is 1. The molecule has 3 aliphatic rings. The topological polar surface area (TPSA) is 137 Å². The van der Waals surface area contributed by atoms with Gasteiger partial charge in [0.25, 0.3) is 0 Å². The summed E-state index contributed by atoms with van der Waals surface area (Å²) in [6.07, 6.45) is -0.691. The van der Waals surface area contributed by atoms with Crippen LogP contribution in [-0.2, 0) is 14.3 Å². The van der Waals surface area contributed by atoms with Crippen LogP contribution < -0.4 is 10.6 Å². The number of fused-ring (bicyclic) bond motifs is 4. The van der Waals surface area contributed by atoms with Crippen molar-refractivity contribution in [1.29, 1.82) is 0 Å². The molecule has 3 unspecified atom stereocenters. The number of carbonyl (C=O) groups is 3. The average molecular weight is 411 g/mol. The van der Waals surface area contributed by atoms with Crippen molar-refractivity contribution in [2.45, 2.75) is 30.9 Å². The van der Waals surface area contributed by atoms with Gasteiger partial charge in [-0.25, -0.2) is 9.59 Å². The number of rotatable bonds is 4. The highest BCUT2D eigenvalue weighted by Gasteiger charge is 2.31. The summed E-state index contributed by atoms with van der Waals surface area (Å²) in [4.78, 5) is 43.4. The third-order valence-corrected chi connectivity index (χ3v) is 5.02. The number of nitrogens with zero attached hydrogens (tertiary/aromatic N) is 1. The molecular weight excluding hydrogens is 390 g/mol. The molecule has 0 aromatic heterocycles. The Kier molecular flexibility index (Phi) is 7.76. The van der Waals surface area contributed by atoms with Crippen LogP contribution in [0.2, 0.25) is 0 Å². The number of likely N-dealkylation sites (N-methyl/N-ethyl adjacent to an activating group) is 1. The van der Waals surface area contributed by atoms with E-state index >= 15 is 0 Å². The Morgan fingerprint density at radius 1 is 1.39 bits per heavy atom. The molecule has 1 saturated heterocycles. The lowest BCUT2D eigenvalue weighted by molar-refractivity contribution is -0.574. The summed E-state index contributed by atoms with van der Waals surface area (Å²) in [6, 6.07) is 5.89. The van der Waals surface area contributed by atoms with Crippen LogP contribution in [0.15, 0.2) is 24.3 Å². The SMILES string of the molecule is CCOC(=O)SC1CNC(C(=O)NC)C1.O=C1OC([N+](=O)[O-])c2ccc1cc2. The van der Waals surface area contributed by atoms with Crippen LogP contribution >= 0.6 is 11.8 Å². The van der Waals surface area contributed by atoms with Crippen LogP contribution in [0.25, 0.3) is 0 Å². The van der Waals surface area contributed by atoms with Crippen molar-refractivity contribution in [2.24, 2.45) is 0 Å². The number of carbonyl (C=O) groups excluding carboxylic acids is 3. The second-order valence-corrected chi connectivity index (χ2v) is 7.13. The molecule has 2 N–H and O–H groups in total. The molecular formula is C17H21N3O7S. The van der Waals surface area contributed by atoms with E-state index in [2.05, 4.69) is 15.4 Å². The highest BCUT2D eigenvalue weighted by molar-refractivity contribution is 8.13. The Bertz CT molecular complexity index is 741. The van der Waals surface area contributed by atoms with Crippen molar-refractivity contribution in [3.05, 3.63) is 45.5 Å². The van der Waals surface area contributed by atoms with E-state index in [1.54, 1.807) is 14.0 Å². The summed E-state index contributed by atoms with van der Waals surface area (Å²) in [5.74, 6) is -0.677. The monoisotopic (exact) mass is 411 g/mol. The molecule has 2 bridgehead atoms. The van der Waals surface area contributed by atoms with E-state index in [-0.39, 0.29) is 22.5 Å². The van der Waals surface area contributed by atoms with Gasteiger partial charge in [0.1, 0.15) is 0 Å². The number of hydrogen-bond donors (Lipinski definition) is 2. The first kappa shape index (κ1) is 21.6. The van der Waals surface area contributed by atoms with Gasteiger partial charge in [-0.15, -0.1) is 0 Å². The van der Waals surface area contributed by atoms with Gasteiger partial charge in [-0.1, -0.05) is 0 Å². The second-order valence-electron chi connectivity index (χ2n) is 5.90. The number of ether oxygens (including phenoxy) is 2. The number of hydrogen-bond acceptors (Lipinski definition) is 9. The molecule has 3 atom stereocenters. The molecule has 152 valence electrons. The predicted molar refractivity (Wildman–Crippen MR) is 100 cm³/mol. The van der Waals surface area contributed by atoms with Crippen molar-refractivity contribution in [3.63, 3.8) is 0 Å². The first-order valence-corrected chi connectivity index (χ1v) is 9.46. The summed E-state index contributed by atoms with van der Waals surface area (Å²) in [6.45, 7) is 2.84. The van der Waals surface area contributed by atoms with Gasteiger partial charge in [-0.3, -0.25) is 14.9 Å². The number of nitro groups is 1. The zero-order chi connectivity index (χ0) is 20.7. The van der Waals surface area contributed by atoms with Gasteiger partial charge >= 0.3 is 17.5 Å². The number of thioether (sulfide) groups is 1. The van der Waals surface area contributed by atoms with Crippen LogP contribution in [0.1, 0.15) is 35.5 Å². The molecule has 0 radical (unpaired) electrons. The summed E-state index contributed by atoms with van der Waals surface area (Å²) < 4.78 is 9.44. The van der Waals surface area contributed by atoms with Gasteiger partial charge in [-0.05, 0) is 49.4 Å². The van der Waals surface area contributed by atoms with Crippen LogP contribution in [0.5, 0.6) is 0 Å². The Labute approximate surface area is 165 Å². The Morgan fingerprint density at radius 3 is 2.64 bits per heavy atom. The van der Waals surface area contributed by atoms with Gasteiger partial charge in [-0.2, -0.15) is 0 Å².